The van der Waals surface area contributed by atoms with Crippen LogP contribution >= 0.6 is 0 Å². The zero-order valence-corrected chi connectivity index (χ0v) is 8.35. The van der Waals surface area contributed by atoms with Gasteiger partial charge in [-0.2, -0.15) is 0 Å². The Morgan fingerprint density at radius 1 is 1.50 bits per heavy atom. The molecule has 1 N–H and O–H groups in total. The van der Waals surface area contributed by atoms with E-state index in [2.05, 4.69) is 36.2 Å². The molecule has 0 aliphatic rings. The van der Waals surface area contributed by atoms with Crippen LogP contribution in [0.2, 0.25) is 0 Å². The molecule has 0 amide bonds. The summed E-state index contributed by atoms with van der Waals surface area (Å²) in [5, 5.41) is 3.35. The molecule has 0 radical (unpaired) electrons. The summed E-state index contributed by atoms with van der Waals surface area (Å²) in [4.78, 5) is 0. The standard InChI is InChI=1S/C11H19N/c1-4-6-7-9-12-10-11(3)8-5-2/h4,6,11-12H,7,9-10H2,1-3H3/b6-4-. The lowest BCUT2D eigenvalue weighted by atomic mass is 10.2. The molecule has 68 valence electrons. The molecule has 0 aromatic rings. The van der Waals surface area contributed by atoms with Crippen LogP contribution in [0.5, 0.6) is 0 Å². The molecular formula is C11H19N. The molecule has 1 heteroatoms. The topological polar surface area (TPSA) is 12.0 Å². The molecule has 1 atom stereocenters. The van der Waals surface area contributed by atoms with E-state index in [1.807, 2.05) is 13.8 Å². The Labute approximate surface area is 76.2 Å². The van der Waals surface area contributed by atoms with Gasteiger partial charge >= 0.3 is 0 Å². The predicted octanol–water partition coefficient (Wildman–Crippen LogP) is 2.20. The first-order valence-electron chi connectivity index (χ1n) is 4.55. The first kappa shape index (κ1) is 11.3. The molecular weight excluding hydrogens is 146 g/mol. The Balaban J connectivity index is 3.23. The lowest BCUT2D eigenvalue weighted by Gasteiger charge is -2.04. The van der Waals surface area contributed by atoms with Crippen molar-refractivity contribution in [3.8, 4) is 11.8 Å². The summed E-state index contributed by atoms with van der Waals surface area (Å²) in [6, 6.07) is 0. The maximum absolute atomic E-state index is 3.35. The van der Waals surface area contributed by atoms with Crippen molar-refractivity contribution in [1.29, 1.82) is 0 Å². The molecule has 0 saturated carbocycles. The third-order valence-electron chi connectivity index (χ3n) is 1.56. The first-order chi connectivity index (χ1) is 5.81. The minimum Gasteiger partial charge on any atom is -0.315 e. The lowest BCUT2D eigenvalue weighted by molar-refractivity contribution is 0.610. The summed E-state index contributed by atoms with van der Waals surface area (Å²) >= 11 is 0. The predicted molar refractivity (Wildman–Crippen MR) is 54.9 cm³/mol. The zero-order chi connectivity index (χ0) is 9.23. The van der Waals surface area contributed by atoms with Crippen molar-refractivity contribution >= 4 is 0 Å². The number of nitrogens with one attached hydrogen (secondary N) is 1. The van der Waals surface area contributed by atoms with E-state index in [0.29, 0.717) is 5.92 Å². The molecule has 0 aliphatic carbocycles. The molecule has 0 spiro atoms. The first-order valence-corrected chi connectivity index (χ1v) is 4.55. The Morgan fingerprint density at radius 3 is 2.83 bits per heavy atom. The molecule has 0 aromatic heterocycles. The third-order valence-corrected chi connectivity index (χ3v) is 1.56. The second-order valence-corrected chi connectivity index (χ2v) is 2.86. The van der Waals surface area contributed by atoms with Gasteiger partial charge in [0, 0.05) is 12.5 Å². The van der Waals surface area contributed by atoms with Gasteiger partial charge < -0.3 is 5.32 Å². The monoisotopic (exact) mass is 165 g/mol. The molecule has 1 nitrogen and oxygen atoms in total. The Kier molecular flexibility index (Phi) is 7.84. The minimum absolute atomic E-state index is 0.473. The van der Waals surface area contributed by atoms with Crippen molar-refractivity contribution in [2.75, 3.05) is 13.1 Å². The van der Waals surface area contributed by atoms with Gasteiger partial charge in [0.1, 0.15) is 0 Å². The second kappa shape index (κ2) is 8.36. The number of hydrogen-bond acceptors (Lipinski definition) is 1. The molecule has 0 aromatic carbocycles. The highest BCUT2D eigenvalue weighted by molar-refractivity contribution is 4.99. The molecule has 0 bridgehead atoms. The Hall–Kier alpha value is -0.740. The number of hydrogen-bond donors (Lipinski definition) is 1. The van der Waals surface area contributed by atoms with Crippen LogP contribution in [0.3, 0.4) is 0 Å². The minimum atomic E-state index is 0.473. The van der Waals surface area contributed by atoms with Gasteiger partial charge in [0.25, 0.3) is 0 Å². The maximum Gasteiger partial charge on any atom is 0.0299 e. The van der Waals surface area contributed by atoms with Crippen LogP contribution in [0.25, 0.3) is 0 Å². The van der Waals surface area contributed by atoms with Crippen molar-refractivity contribution in [2.45, 2.75) is 27.2 Å². The fraction of sp³-hybridized carbons (Fsp3) is 0.636. The van der Waals surface area contributed by atoms with E-state index < -0.39 is 0 Å². The van der Waals surface area contributed by atoms with Crippen LogP contribution in [-0.4, -0.2) is 13.1 Å². The average Bonchev–Trinajstić information content (AvgIpc) is 2.05. The second-order valence-electron chi connectivity index (χ2n) is 2.86. The van der Waals surface area contributed by atoms with E-state index in [0.717, 1.165) is 19.5 Å². The molecule has 1 unspecified atom stereocenters. The largest absolute Gasteiger partial charge is 0.315 e. The van der Waals surface area contributed by atoms with E-state index >= 15 is 0 Å². The number of allylic oxidation sites excluding steroid dienone is 1. The van der Waals surface area contributed by atoms with Crippen LogP contribution in [0, 0.1) is 17.8 Å². The molecule has 0 saturated heterocycles. The highest BCUT2D eigenvalue weighted by Gasteiger charge is 1.93. The van der Waals surface area contributed by atoms with Crippen LogP contribution in [0.1, 0.15) is 27.2 Å². The van der Waals surface area contributed by atoms with Crippen molar-refractivity contribution in [2.24, 2.45) is 5.92 Å². The summed E-state index contributed by atoms with van der Waals surface area (Å²) in [6.07, 6.45) is 5.36. The van der Waals surface area contributed by atoms with E-state index in [1.54, 1.807) is 0 Å². The summed E-state index contributed by atoms with van der Waals surface area (Å²) in [7, 11) is 0. The number of rotatable bonds is 5. The third kappa shape index (κ3) is 7.37. The van der Waals surface area contributed by atoms with Gasteiger partial charge in [0.2, 0.25) is 0 Å². The summed E-state index contributed by atoms with van der Waals surface area (Å²) in [5.74, 6) is 6.49. The molecule has 0 fully saturated rings. The van der Waals surface area contributed by atoms with Gasteiger partial charge in [-0.05, 0) is 26.8 Å². The maximum atomic E-state index is 3.35. The molecule has 0 rings (SSSR count). The van der Waals surface area contributed by atoms with Gasteiger partial charge in [-0.3, -0.25) is 0 Å². The summed E-state index contributed by atoms with van der Waals surface area (Å²) in [5.41, 5.74) is 0. The molecule has 0 heterocycles. The van der Waals surface area contributed by atoms with Gasteiger partial charge in [0.05, 0.1) is 0 Å². The molecule has 12 heavy (non-hydrogen) atoms. The van der Waals surface area contributed by atoms with Gasteiger partial charge in [-0.15, -0.1) is 5.92 Å². The van der Waals surface area contributed by atoms with E-state index in [4.69, 9.17) is 0 Å². The Bertz CT molecular complexity index is 171. The molecule has 0 aliphatic heterocycles. The van der Waals surface area contributed by atoms with Crippen molar-refractivity contribution < 1.29 is 0 Å². The SMILES string of the molecule is CC#CC(C)CNCC/C=C\C. The van der Waals surface area contributed by atoms with E-state index in [9.17, 15) is 0 Å². The van der Waals surface area contributed by atoms with Crippen molar-refractivity contribution in [3.05, 3.63) is 12.2 Å². The Morgan fingerprint density at radius 2 is 2.25 bits per heavy atom. The van der Waals surface area contributed by atoms with Crippen LogP contribution in [-0.2, 0) is 0 Å². The van der Waals surface area contributed by atoms with Crippen molar-refractivity contribution in [1.82, 2.24) is 5.32 Å². The fourth-order valence-electron chi connectivity index (χ4n) is 0.968. The summed E-state index contributed by atoms with van der Waals surface area (Å²) < 4.78 is 0. The fourth-order valence-corrected chi connectivity index (χ4v) is 0.968. The highest BCUT2D eigenvalue weighted by Crippen LogP contribution is 1.88. The average molecular weight is 165 g/mol. The van der Waals surface area contributed by atoms with Crippen molar-refractivity contribution in [3.63, 3.8) is 0 Å². The zero-order valence-electron chi connectivity index (χ0n) is 8.35. The van der Waals surface area contributed by atoms with Crippen LogP contribution in [0.4, 0.5) is 0 Å². The van der Waals surface area contributed by atoms with Gasteiger partial charge in [-0.25, -0.2) is 0 Å². The quantitative estimate of drug-likeness (QED) is 0.374. The highest BCUT2D eigenvalue weighted by atomic mass is 14.8. The normalized spacial score (nSPS) is 12.6. The smallest absolute Gasteiger partial charge is 0.0299 e. The summed E-state index contributed by atoms with van der Waals surface area (Å²) in [6.45, 7) is 8.12. The van der Waals surface area contributed by atoms with E-state index in [-0.39, 0.29) is 0 Å². The van der Waals surface area contributed by atoms with E-state index in [1.165, 1.54) is 0 Å². The lowest BCUT2D eigenvalue weighted by Crippen LogP contribution is -2.21. The van der Waals surface area contributed by atoms with Gasteiger partial charge in [0.15, 0.2) is 0 Å². The van der Waals surface area contributed by atoms with Crippen LogP contribution in [0.15, 0.2) is 12.2 Å². The van der Waals surface area contributed by atoms with Crippen LogP contribution < -0.4 is 5.32 Å². The van der Waals surface area contributed by atoms with Gasteiger partial charge in [-0.1, -0.05) is 25.0 Å².